The molecule has 0 atom stereocenters. The van der Waals surface area contributed by atoms with Crippen LogP contribution in [0.25, 0.3) is 12.7 Å². The summed E-state index contributed by atoms with van der Waals surface area (Å²) in [7, 11) is 0. The average Bonchev–Trinajstić information content (AvgIpc) is 2.74. The van der Waals surface area contributed by atoms with E-state index in [1.54, 1.807) is 0 Å². The first-order chi connectivity index (χ1) is 14.4. The van der Waals surface area contributed by atoms with Crippen LogP contribution in [0.15, 0.2) is 95.8 Å². The highest BCUT2D eigenvalue weighted by Crippen LogP contribution is 2.21. The van der Waals surface area contributed by atoms with Crippen LogP contribution in [0.1, 0.15) is 20.8 Å². The second kappa shape index (κ2) is 11.5. The van der Waals surface area contributed by atoms with Gasteiger partial charge in [-0.3, -0.25) is 0 Å². The molecule has 156 valence electrons. The van der Waals surface area contributed by atoms with Gasteiger partial charge in [0.25, 0.3) is 0 Å². The first kappa shape index (κ1) is 22.8. The minimum Gasteiger partial charge on any atom is -0.508 e. The van der Waals surface area contributed by atoms with E-state index in [9.17, 15) is 5.11 Å². The van der Waals surface area contributed by atoms with Crippen molar-refractivity contribution in [3.63, 3.8) is 0 Å². The summed E-state index contributed by atoms with van der Waals surface area (Å²) in [6.45, 7) is 14.2. The highest BCUT2D eigenvalue weighted by atomic mass is 16.5. The molecule has 0 unspecified atom stereocenters. The molecule has 30 heavy (non-hydrogen) atoms. The maximum atomic E-state index is 9.64. The van der Waals surface area contributed by atoms with Gasteiger partial charge in [0.15, 0.2) is 0 Å². The Bertz CT molecular complexity index is 1070. The molecule has 0 aliphatic heterocycles. The van der Waals surface area contributed by atoms with Gasteiger partial charge in [0.1, 0.15) is 30.5 Å². The normalized spacial score (nSPS) is 13.3. The lowest BCUT2D eigenvalue weighted by Gasteiger charge is -2.12. The summed E-state index contributed by atoms with van der Waals surface area (Å²) in [5.41, 5.74) is 2.68. The Morgan fingerprint density at radius 2 is 1.67 bits per heavy atom. The average molecular weight is 403 g/mol. The van der Waals surface area contributed by atoms with Crippen LogP contribution in [-0.2, 0) is 0 Å². The second-order valence-electron chi connectivity index (χ2n) is 7.03. The van der Waals surface area contributed by atoms with Gasteiger partial charge < -0.3 is 14.6 Å². The summed E-state index contributed by atoms with van der Waals surface area (Å²) >= 11 is 0. The first-order valence-electron chi connectivity index (χ1n) is 9.88. The predicted octanol–water partition coefficient (Wildman–Crippen LogP) is 5.25. The van der Waals surface area contributed by atoms with Crippen LogP contribution in [0.3, 0.4) is 0 Å². The summed E-state index contributed by atoms with van der Waals surface area (Å²) in [5, 5.41) is 11.7. The Hall–Kier alpha value is -3.46. The Morgan fingerprint density at radius 1 is 1.00 bits per heavy atom. The van der Waals surface area contributed by atoms with Crippen LogP contribution < -0.4 is 19.9 Å². The number of ether oxygens (including phenoxy) is 2. The van der Waals surface area contributed by atoms with Crippen LogP contribution in [-0.4, -0.2) is 18.3 Å². The topological polar surface area (TPSA) is 38.7 Å². The van der Waals surface area contributed by atoms with E-state index in [-0.39, 0.29) is 5.76 Å². The lowest BCUT2D eigenvalue weighted by molar-refractivity contribution is 0.334. The lowest BCUT2D eigenvalue weighted by atomic mass is 10.1. The van der Waals surface area contributed by atoms with Crippen molar-refractivity contribution in [1.82, 2.24) is 0 Å². The van der Waals surface area contributed by atoms with Crippen LogP contribution in [0.2, 0.25) is 0 Å². The van der Waals surface area contributed by atoms with Gasteiger partial charge >= 0.3 is 0 Å². The fraction of sp³-hybridized carbons (Fsp3) is 0.185. The first-order valence-corrected chi connectivity index (χ1v) is 9.88. The van der Waals surface area contributed by atoms with Crippen molar-refractivity contribution in [2.24, 2.45) is 0 Å². The zero-order valence-corrected chi connectivity index (χ0v) is 18.0. The molecule has 3 heteroatoms. The zero-order chi connectivity index (χ0) is 21.9. The van der Waals surface area contributed by atoms with E-state index in [4.69, 9.17) is 9.47 Å². The molecule has 0 aromatic heterocycles. The van der Waals surface area contributed by atoms with Gasteiger partial charge in [0.05, 0.1) is 0 Å². The Balaban J connectivity index is 2.02. The number of hydrogen-bond acceptors (Lipinski definition) is 3. The zero-order valence-electron chi connectivity index (χ0n) is 18.0. The summed E-state index contributed by atoms with van der Waals surface area (Å²) in [5.74, 6) is 1.48. The molecule has 3 nitrogen and oxygen atoms in total. The van der Waals surface area contributed by atoms with Crippen molar-refractivity contribution >= 4 is 12.7 Å². The van der Waals surface area contributed by atoms with Gasteiger partial charge in [0.2, 0.25) is 0 Å². The lowest BCUT2D eigenvalue weighted by Crippen LogP contribution is -2.21. The minimum atomic E-state index is 0.0457. The molecule has 0 fully saturated rings. The number of aliphatic hydroxyl groups is 1. The number of allylic oxidation sites excluding steroid dienone is 3. The molecule has 0 heterocycles. The number of hydrogen-bond donors (Lipinski definition) is 1. The van der Waals surface area contributed by atoms with Crippen LogP contribution >= 0.6 is 0 Å². The molecular weight excluding hydrogens is 372 g/mol. The quantitative estimate of drug-likeness (QED) is 0.460. The maximum absolute atomic E-state index is 9.64. The highest BCUT2D eigenvalue weighted by Gasteiger charge is 2.05. The van der Waals surface area contributed by atoms with E-state index >= 15 is 0 Å². The standard InChI is InChI=1S/C27H30O3/c1-6-10-25(22(4)23(5)28)19-30-27-14-9-13-26(17-27)29-18-20(2)15-16-24-12-8-7-11-21(24)3/h6-17,28H,3,5,18-19H2,1-2,4H3/b10-6-,20-15+,24-16-,25-22-. The third-order valence-corrected chi connectivity index (χ3v) is 4.55. The molecule has 2 rings (SSSR count). The highest BCUT2D eigenvalue weighted by molar-refractivity contribution is 5.40. The molecular formula is C27H30O3. The Kier molecular flexibility index (Phi) is 8.76. The molecule has 2 aromatic carbocycles. The largest absolute Gasteiger partial charge is 0.508 e. The maximum Gasteiger partial charge on any atom is 0.123 e. The van der Waals surface area contributed by atoms with Crippen molar-refractivity contribution in [3.05, 3.63) is 106 Å². The van der Waals surface area contributed by atoms with Crippen molar-refractivity contribution in [1.29, 1.82) is 0 Å². The molecule has 0 bridgehead atoms. The summed E-state index contributed by atoms with van der Waals surface area (Å²) < 4.78 is 11.8. The van der Waals surface area contributed by atoms with E-state index in [1.165, 1.54) is 0 Å². The third-order valence-electron chi connectivity index (χ3n) is 4.55. The smallest absolute Gasteiger partial charge is 0.123 e. The van der Waals surface area contributed by atoms with Crippen molar-refractivity contribution in [2.45, 2.75) is 20.8 Å². The van der Waals surface area contributed by atoms with E-state index in [2.05, 4.69) is 13.2 Å². The molecule has 0 aliphatic rings. The van der Waals surface area contributed by atoms with Gasteiger partial charge in [-0.15, -0.1) is 0 Å². The summed E-state index contributed by atoms with van der Waals surface area (Å²) in [6, 6.07) is 15.5. The van der Waals surface area contributed by atoms with Gasteiger partial charge in [-0.1, -0.05) is 67.8 Å². The molecule has 0 radical (unpaired) electrons. The minimum absolute atomic E-state index is 0.0457. The molecule has 0 aliphatic carbocycles. The predicted molar refractivity (Wildman–Crippen MR) is 126 cm³/mol. The van der Waals surface area contributed by atoms with E-state index < -0.39 is 0 Å². The molecule has 0 amide bonds. The Labute approximate surface area is 179 Å². The third kappa shape index (κ3) is 7.17. The summed E-state index contributed by atoms with van der Waals surface area (Å²) in [6.07, 6.45) is 7.91. The van der Waals surface area contributed by atoms with Gasteiger partial charge in [-0.2, -0.15) is 0 Å². The number of rotatable bonds is 9. The van der Waals surface area contributed by atoms with Crippen molar-refractivity contribution in [2.75, 3.05) is 13.2 Å². The molecule has 0 saturated carbocycles. The van der Waals surface area contributed by atoms with E-state index in [0.29, 0.717) is 24.5 Å². The number of aliphatic hydroxyl groups excluding tert-OH is 1. The molecule has 0 spiro atoms. The Morgan fingerprint density at radius 3 is 2.30 bits per heavy atom. The fourth-order valence-electron chi connectivity index (χ4n) is 2.66. The SMILES string of the molecule is C=C(O)/C(C)=C(/C=C\C)COc1cccc(OC/C(C)=C/C=c2/ccccc2=C)c1. The molecule has 2 aromatic rings. The van der Waals surface area contributed by atoms with Crippen LogP contribution in [0.4, 0.5) is 0 Å². The number of benzene rings is 2. The van der Waals surface area contributed by atoms with Gasteiger partial charge in [0, 0.05) is 6.07 Å². The van der Waals surface area contributed by atoms with E-state index in [0.717, 1.165) is 27.3 Å². The van der Waals surface area contributed by atoms with Crippen molar-refractivity contribution in [3.8, 4) is 11.5 Å². The fourth-order valence-corrected chi connectivity index (χ4v) is 2.66. The second-order valence-corrected chi connectivity index (χ2v) is 7.03. The monoisotopic (exact) mass is 402 g/mol. The molecule has 0 saturated heterocycles. The molecule has 1 N–H and O–H groups in total. The van der Waals surface area contributed by atoms with Crippen LogP contribution in [0.5, 0.6) is 11.5 Å². The van der Waals surface area contributed by atoms with E-state index in [1.807, 2.05) is 93.6 Å². The summed E-state index contributed by atoms with van der Waals surface area (Å²) in [4.78, 5) is 0. The van der Waals surface area contributed by atoms with Crippen LogP contribution in [0, 0.1) is 0 Å². The van der Waals surface area contributed by atoms with Gasteiger partial charge in [-0.25, -0.2) is 0 Å². The van der Waals surface area contributed by atoms with Gasteiger partial charge in [-0.05, 0) is 60.1 Å². The van der Waals surface area contributed by atoms with Crippen molar-refractivity contribution < 1.29 is 14.6 Å².